The first-order chi connectivity index (χ1) is 17.8. The first kappa shape index (κ1) is 27.3. The monoisotopic (exact) mass is 516 g/mol. The highest BCUT2D eigenvalue weighted by Gasteiger charge is 2.51. The molecule has 5 heteroatoms. The Kier molecular flexibility index (Phi) is 9.38. The molecular formula is C32H36O4S. The molecule has 1 saturated heterocycles. The van der Waals surface area contributed by atoms with Gasteiger partial charge in [-0.2, -0.15) is 0 Å². The molecule has 1 aliphatic rings. The standard InChI is InChI=1S/C32H36O4S/c1-31(2,3)37-29(33)21-32(20-19-25-13-7-4-8-14-25)30(35-23-27-17-11-6-12-18-27)28(24-36-32)34-22-26-15-9-5-10-16-26/h4-20,28,30H,21-24H2,1-3H3/b20-19-/t28-,30+,32-/m1/s1. The van der Waals surface area contributed by atoms with Crippen molar-refractivity contribution in [3.63, 3.8) is 0 Å². The van der Waals surface area contributed by atoms with Gasteiger partial charge in [-0.25, -0.2) is 0 Å². The van der Waals surface area contributed by atoms with Crippen LogP contribution >= 0.6 is 11.8 Å². The predicted molar refractivity (Wildman–Crippen MR) is 151 cm³/mol. The van der Waals surface area contributed by atoms with Gasteiger partial charge < -0.3 is 14.2 Å². The maximum Gasteiger partial charge on any atom is 0.192 e. The molecular weight excluding hydrogens is 480 g/mol. The largest absolute Gasteiger partial charge is 0.368 e. The number of rotatable bonds is 10. The van der Waals surface area contributed by atoms with Crippen molar-refractivity contribution >= 4 is 23.0 Å². The van der Waals surface area contributed by atoms with Gasteiger partial charge in [-0.15, -0.1) is 0 Å². The molecule has 0 unspecified atom stereocenters. The van der Waals surface area contributed by atoms with E-state index >= 15 is 0 Å². The topological polar surface area (TPSA) is 44.8 Å². The van der Waals surface area contributed by atoms with E-state index in [9.17, 15) is 4.79 Å². The second-order valence-corrected chi connectivity index (χ2v) is 12.2. The second-order valence-electron chi connectivity index (χ2n) is 10.3. The molecule has 3 aromatic carbocycles. The maximum absolute atomic E-state index is 13.3. The van der Waals surface area contributed by atoms with E-state index in [1.165, 1.54) is 11.8 Å². The van der Waals surface area contributed by atoms with Gasteiger partial charge in [-0.3, -0.25) is 4.79 Å². The molecule has 1 aliphatic heterocycles. The number of carbonyl (C=O) groups excluding carboxylic acids is 1. The van der Waals surface area contributed by atoms with Gasteiger partial charge in [0, 0.05) is 4.75 Å². The molecule has 1 heterocycles. The SMILES string of the molecule is CC(C)(C)SC(=O)C[C@@]1(/C=C\c2ccccc2)OC[C@@H](OCc2ccccc2)[C@@H]1OCc1ccccc1. The molecule has 0 aromatic heterocycles. The maximum atomic E-state index is 13.3. The van der Waals surface area contributed by atoms with Crippen LogP contribution < -0.4 is 0 Å². The van der Waals surface area contributed by atoms with Gasteiger partial charge in [0.2, 0.25) is 0 Å². The third-order valence-corrected chi connectivity index (χ3v) is 7.10. The number of hydrogen-bond acceptors (Lipinski definition) is 5. The Morgan fingerprint density at radius 1 is 0.892 bits per heavy atom. The average Bonchev–Trinajstić information content (AvgIpc) is 3.22. The van der Waals surface area contributed by atoms with Gasteiger partial charge in [-0.05, 0) is 22.8 Å². The number of carbonyl (C=O) groups is 1. The van der Waals surface area contributed by atoms with E-state index in [0.717, 1.165) is 16.7 Å². The van der Waals surface area contributed by atoms with Crippen molar-refractivity contribution in [2.24, 2.45) is 0 Å². The minimum atomic E-state index is -0.943. The first-order valence-corrected chi connectivity index (χ1v) is 13.6. The van der Waals surface area contributed by atoms with Crippen LogP contribution in [0, 0.1) is 0 Å². The van der Waals surface area contributed by atoms with E-state index in [-0.39, 0.29) is 22.4 Å². The van der Waals surface area contributed by atoms with Crippen LogP contribution in [-0.4, -0.2) is 34.3 Å². The van der Waals surface area contributed by atoms with Gasteiger partial charge in [-0.1, -0.05) is 130 Å². The molecule has 37 heavy (non-hydrogen) atoms. The minimum Gasteiger partial charge on any atom is -0.368 e. The van der Waals surface area contributed by atoms with Gasteiger partial charge in [0.25, 0.3) is 0 Å². The van der Waals surface area contributed by atoms with Crippen molar-refractivity contribution in [3.8, 4) is 0 Å². The zero-order chi connectivity index (χ0) is 26.1. The van der Waals surface area contributed by atoms with Crippen LogP contribution in [0.4, 0.5) is 0 Å². The van der Waals surface area contributed by atoms with Gasteiger partial charge in [0.1, 0.15) is 17.8 Å². The predicted octanol–water partition coefficient (Wildman–Crippen LogP) is 7.09. The van der Waals surface area contributed by atoms with Gasteiger partial charge in [0.15, 0.2) is 5.12 Å². The van der Waals surface area contributed by atoms with Crippen LogP contribution in [0.2, 0.25) is 0 Å². The van der Waals surface area contributed by atoms with E-state index in [0.29, 0.717) is 19.8 Å². The fourth-order valence-corrected chi connectivity index (χ4v) is 5.38. The second kappa shape index (κ2) is 12.7. The number of benzene rings is 3. The summed E-state index contributed by atoms with van der Waals surface area (Å²) in [6, 6.07) is 30.2. The summed E-state index contributed by atoms with van der Waals surface area (Å²) in [5, 5.41) is 0.0715. The molecule has 194 valence electrons. The summed E-state index contributed by atoms with van der Waals surface area (Å²) in [5.74, 6) is 0. The summed E-state index contributed by atoms with van der Waals surface area (Å²) in [7, 11) is 0. The lowest BCUT2D eigenvalue weighted by molar-refractivity contribution is -0.123. The highest BCUT2D eigenvalue weighted by atomic mass is 32.2. The molecule has 0 bridgehead atoms. The van der Waals surface area contributed by atoms with Crippen LogP contribution in [0.1, 0.15) is 43.9 Å². The number of thioether (sulfide) groups is 1. The summed E-state index contributed by atoms with van der Waals surface area (Å²) in [4.78, 5) is 13.3. The van der Waals surface area contributed by atoms with Crippen LogP contribution in [0.5, 0.6) is 0 Å². The van der Waals surface area contributed by atoms with Crippen molar-refractivity contribution in [3.05, 3.63) is 114 Å². The van der Waals surface area contributed by atoms with Crippen LogP contribution in [0.25, 0.3) is 6.08 Å². The Bertz CT molecular complexity index is 1140. The summed E-state index contributed by atoms with van der Waals surface area (Å²) in [5.41, 5.74) is 2.24. The van der Waals surface area contributed by atoms with Crippen molar-refractivity contribution < 1.29 is 19.0 Å². The summed E-state index contributed by atoms with van der Waals surface area (Å²) in [6.07, 6.45) is 3.44. The van der Waals surface area contributed by atoms with Crippen LogP contribution in [0.3, 0.4) is 0 Å². The molecule has 0 aliphatic carbocycles. The van der Waals surface area contributed by atoms with E-state index in [4.69, 9.17) is 14.2 Å². The minimum absolute atomic E-state index is 0.0715. The molecule has 0 amide bonds. The van der Waals surface area contributed by atoms with E-state index in [1.54, 1.807) is 0 Å². The lowest BCUT2D eigenvalue weighted by Crippen LogP contribution is -2.45. The lowest BCUT2D eigenvalue weighted by atomic mass is 9.90. The van der Waals surface area contributed by atoms with Gasteiger partial charge >= 0.3 is 0 Å². The molecule has 3 aromatic rings. The van der Waals surface area contributed by atoms with Crippen molar-refractivity contribution in [1.82, 2.24) is 0 Å². The Balaban J connectivity index is 1.63. The van der Waals surface area contributed by atoms with Crippen LogP contribution in [-0.2, 0) is 32.2 Å². The average molecular weight is 517 g/mol. The smallest absolute Gasteiger partial charge is 0.192 e. The lowest BCUT2D eigenvalue weighted by Gasteiger charge is -2.33. The highest BCUT2D eigenvalue weighted by Crippen LogP contribution is 2.39. The fourth-order valence-electron chi connectivity index (χ4n) is 4.40. The normalized spacial score (nSPS) is 21.9. The quantitative estimate of drug-likeness (QED) is 0.288. The summed E-state index contributed by atoms with van der Waals surface area (Å²) < 4.78 is 19.2. The third kappa shape index (κ3) is 8.14. The van der Waals surface area contributed by atoms with Crippen molar-refractivity contribution in [2.75, 3.05) is 6.61 Å². The Labute approximate surface area is 225 Å². The van der Waals surface area contributed by atoms with E-state index in [2.05, 4.69) is 0 Å². The first-order valence-electron chi connectivity index (χ1n) is 12.7. The third-order valence-electron chi connectivity index (χ3n) is 6.11. The molecule has 4 nitrogen and oxygen atoms in total. The molecule has 3 atom stereocenters. The van der Waals surface area contributed by atoms with E-state index in [1.807, 2.05) is 124 Å². The molecule has 0 saturated carbocycles. The molecule has 0 N–H and O–H groups in total. The molecule has 0 radical (unpaired) electrons. The zero-order valence-electron chi connectivity index (χ0n) is 21.8. The zero-order valence-corrected chi connectivity index (χ0v) is 22.7. The van der Waals surface area contributed by atoms with Crippen molar-refractivity contribution in [1.29, 1.82) is 0 Å². The Hall–Kier alpha value is -2.70. The summed E-state index contributed by atoms with van der Waals surface area (Å²) >= 11 is 1.34. The number of hydrogen-bond donors (Lipinski definition) is 0. The van der Waals surface area contributed by atoms with Crippen LogP contribution in [0.15, 0.2) is 97.1 Å². The Morgan fingerprint density at radius 2 is 1.43 bits per heavy atom. The fraction of sp³-hybridized carbons (Fsp3) is 0.344. The van der Waals surface area contributed by atoms with Gasteiger partial charge in [0.05, 0.1) is 26.2 Å². The molecule has 0 spiro atoms. The Morgan fingerprint density at radius 3 is 2.00 bits per heavy atom. The molecule has 1 fully saturated rings. The van der Waals surface area contributed by atoms with E-state index < -0.39 is 11.7 Å². The van der Waals surface area contributed by atoms with Crippen molar-refractivity contribution in [2.45, 2.75) is 63.0 Å². The summed E-state index contributed by atoms with van der Waals surface area (Å²) in [6.45, 7) is 7.34. The highest BCUT2D eigenvalue weighted by molar-refractivity contribution is 8.14. The number of ether oxygens (including phenoxy) is 3. The molecule has 4 rings (SSSR count).